The van der Waals surface area contributed by atoms with E-state index in [1.165, 1.54) is 10.6 Å². The minimum Gasteiger partial charge on any atom is -0.398 e. The Morgan fingerprint density at radius 1 is 1.26 bits per heavy atom. The van der Waals surface area contributed by atoms with Crippen molar-refractivity contribution >= 4 is 11.6 Å². The number of halogens is 3. The number of alkyl halides is 3. The van der Waals surface area contributed by atoms with Crippen LogP contribution in [0.1, 0.15) is 5.56 Å². The molecular weight excluding hydrogens is 259 g/mol. The Morgan fingerprint density at radius 3 is 2.47 bits per heavy atom. The van der Waals surface area contributed by atoms with Gasteiger partial charge in [-0.25, -0.2) is 0 Å². The Balaban J connectivity index is 2.58. The van der Waals surface area contributed by atoms with Crippen molar-refractivity contribution in [1.82, 2.24) is 14.8 Å². The van der Waals surface area contributed by atoms with Gasteiger partial charge in [-0.3, -0.25) is 4.57 Å². The number of nitrogens with zero attached hydrogens (tertiary/aromatic N) is 3. The highest BCUT2D eigenvalue weighted by atomic mass is 19.4. The van der Waals surface area contributed by atoms with E-state index in [9.17, 15) is 13.2 Å². The molecule has 0 bridgehead atoms. The molecule has 0 radical (unpaired) electrons. The Labute approximate surface area is 107 Å². The molecule has 0 amide bonds. The van der Waals surface area contributed by atoms with Crippen LogP contribution in [0, 0.1) is 0 Å². The number of nitrogen functional groups attached to an aromatic ring is 1. The van der Waals surface area contributed by atoms with Crippen molar-refractivity contribution in [2.45, 2.75) is 6.18 Å². The molecule has 0 aliphatic carbocycles. The summed E-state index contributed by atoms with van der Waals surface area (Å²) in [6.45, 7) is 0. The molecule has 0 fully saturated rings. The SMILES string of the molecule is CNc1nnc(-c2cc(C(F)(F)F)ccc2N)n1C. The zero-order valence-corrected chi connectivity index (χ0v) is 10.3. The summed E-state index contributed by atoms with van der Waals surface area (Å²) >= 11 is 0. The molecule has 0 aliphatic rings. The monoisotopic (exact) mass is 271 g/mol. The number of rotatable bonds is 2. The largest absolute Gasteiger partial charge is 0.416 e. The van der Waals surface area contributed by atoms with Crippen LogP contribution in [0.5, 0.6) is 0 Å². The predicted molar refractivity (Wildman–Crippen MR) is 65.4 cm³/mol. The number of benzene rings is 1. The maximum Gasteiger partial charge on any atom is 0.416 e. The molecule has 0 saturated heterocycles. The van der Waals surface area contributed by atoms with Crippen LogP contribution in [-0.4, -0.2) is 21.8 Å². The second-order valence-corrected chi connectivity index (χ2v) is 3.96. The number of nitrogens with two attached hydrogens (primary N) is 1. The fraction of sp³-hybridized carbons (Fsp3) is 0.273. The van der Waals surface area contributed by atoms with Crippen molar-refractivity contribution < 1.29 is 13.2 Å². The number of anilines is 2. The van der Waals surface area contributed by atoms with Gasteiger partial charge in [0.05, 0.1) is 5.56 Å². The number of hydrogen-bond donors (Lipinski definition) is 2. The molecule has 19 heavy (non-hydrogen) atoms. The lowest BCUT2D eigenvalue weighted by Crippen LogP contribution is -2.07. The van der Waals surface area contributed by atoms with Crippen LogP contribution in [0.25, 0.3) is 11.4 Å². The highest BCUT2D eigenvalue weighted by Gasteiger charge is 2.31. The van der Waals surface area contributed by atoms with Gasteiger partial charge in [-0.05, 0) is 18.2 Å². The van der Waals surface area contributed by atoms with Crippen molar-refractivity contribution in [1.29, 1.82) is 0 Å². The molecule has 0 unspecified atom stereocenters. The summed E-state index contributed by atoms with van der Waals surface area (Å²) in [7, 11) is 3.28. The highest BCUT2D eigenvalue weighted by molar-refractivity contribution is 5.73. The van der Waals surface area contributed by atoms with E-state index in [1.807, 2.05) is 0 Å². The minimum atomic E-state index is -4.42. The van der Waals surface area contributed by atoms with Gasteiger partial charge in [-0.15, -0.1) is 10.2 Å². The first-order chi connectivity index (χ1) is 8.84. The molecule has 5 nitrogen and oxygen atoms in total. The molecule has 8 heteroatoms. The quantitative estimate of drug-likeness (QED) is 0.821. The third kappa shape index (κ3) is 2.33. The maximum absolute atomic E-state index is 12.7. The fourth-order valence-corrected chi connectivity index (χ4v) is 1.71. The molecule has 1 heterocycles. The molecule has 0 aliphatic heterocycles. The zero-order valence-electron chi connectivity index (χ0n) is 10.3. The Bertz CT molecular complexity index is 603. The lowest BCUT2D eigenvalue weighted by atomic mass is 10.1. The first kappa shape index (κ1) is 13.2. The summed E-state index contributed by atoms with van der Waals surface area (Å²) in [5, 5.41) is 10.4. The Hall–Kier alpha value is -2.25. The summed E-state index contributed by atoms with van der Waals surface area (Å²) in [5.74, 6) is 0.708. The topological polar surface area (TPSA) is 68.8 Å². The van der Waals surface area contributed by atoms with Crippen molar-refractivity contribution in [2.75, 3.05) is 18.1 Å². The van der Waals surface area contributed by atoms with Gasteiger partial charge in [0, 0.05) is 25.3 Å². The van der Waals surface area contributed by atoms with Crippen LogP contribution >= 0.6 is 0 Å². The average molecular weight is 271 g/mol. The summed E-state index contributed by atoms with van der Waals surface area (Å²) in [4.78, 5) is 0. The third-order valence-corrected chi connectivity index (χ3v) is 2.72. The lowest BCUT2D eigenvalue weighted by Gasteiger charge is -2.11. The van der Waals surface area contributed by atoms with E-state index in [0.717, 1.165) is 12.1 Å². The highest BCUT2D eigenvalue weighted by Crippen LogP contribution is 2.34. The van der Waals surface area contributed by atoms with Crippen molar-refractivity contribution in [3.63, 3.8) is 0 Å². The van der Waals surface area contributed by atoms with Gasteiger partial charge < -0.3 is 11.1 Å². The molecule has 2 aromatic rings. The maximum atomic E-state index is 12.7. The molecule has 2 rings (SSSR count). The number of hydrogen-bond acceptors (Lipinski definition) is 4. The molecule has 3 N–H and O–H groups in total. The summed E-state index contributed by atoms with van der Waals surface area (Å²) < 4.78 is 39.6. The van der Waals surface area contributed by atoms with Gasteiger partial charge in [-0.2, -0.15) is 13.2 Å². The smallest absolute Gasteiger partial charge is 0.398 e. The van der Waals surface area contributed by atoms with Gasteiger partial charge in [0.15, 0.2) is 5.82 Å². The van der Waals surface area contributed by atoms with Gasteiger partial charge in [0.25, 0.3) is 0 Å². The second kappa shape index (κ2) is 4.45. The van der Waals surface area contributed by atoms with Crippen LogP contribution in [0.4, 0.5) is 24.8 Å². The van der Waals surface area contributed by atoms with Crippen LogP contribution in [0.2, 0.25) is 0 Å². The third-order valence-electron chi connectivity index (χ3n) is 2.72. The average Bonchev–Trinajstić information content (AvgIpc) is 2.69. The van der Waals surface area contributed by atoms with E-state index in [2.05, 4.69) is 15.5 Å². The molecule has 102 valence electrons. The van der Waals surface area contributed by atoms with E-state index in [4.69, 9.17) is 5.73 Å². The van der Waals surface area contributed by atoms with Gasteiger partial charge in [0.2, 0.25) is 5.95 Å². The van der Waals surface area contributed by atoms with Crippen molar-refractivity contribution in [3.8, 4) is 11.4 Å². The summed E-state index contributed by atoms with van der Waals surface area (Å²) in [5.41, 5.74) is 5.36. The Morgan fingerprint density at radius 2 is 1.95 bits per heavy atom. The van der Waals surface area contributed by atoms with Gasteiger partial charge >= 0.3 is 6.18 Å². The van der Waals surface area contributed by atoms with Gasteiger partial charge in [-0.1, -0.05) is 0 Å². The Kier molecular flexibility index (Phi) is 3.09. The summed E-state index contributed by atoms with van der Waals surface area (Å²) in [6, 6.07) is 3.12. The van der Waals surface area contributed by atoms with E-state index >= 15 is 0 Å². The number of nitrogens with one attached hydrogen (secondary N) is 1. The van der Waals surface area contributed by atoms with Crippen molar-refractivity contribution in [3.05, 3.63) is 23.8 Å². The molecule has 0 saturated carbocycles. The molecule has 1 aromatic carbocycles. The first-order valence-electron chi connectivity index (χ1n) is 5.39. The van der Waals surface area contributed by atoms with E-state index in [0.29, 0.717) is 5.95 Å². The van der Waals surface area contributed by atoms with Crippen LogP contribution < -0.4 is 11.1 Å². The molecule has 0 atom stereocenters. The van der Waals surface area contributed by atoms with E-state index in [1.54, 1.807) is 14.1 Å². The van der Waals surface area contributed by atoms with Gasteiger partial charge in [0.1, 0.15) is 0 Å². The van der Waals surface area contributed by atoms with Crippen LogP contribution in [0.15, 0.2) is 18.2 Å². The second-order valence-electron chi connectivity index (χ2n) is 3.96. The minimum absolute atomic E-state index is 0.200. The standard InChI is InChI=1S/C11H12F3N5/c1-16-10-18-17-9(19(10)2)7-5-6(11(12,13)14)3-4-8(7)15/h3-5H,15H2,1-2H3,(H,16,18). The zero-order chi connectivity index (χ0) is 14.2. The van der Waals surface area contributed by atoms with Crippen LogP contribution in [-0.2, 0) is 13.2 Å². The lowest BCUT2D eigenvalue weighted by molar-refractivity contribution is -0.137. The van der Waals surface area contributed by atoms with Crippen LogP contribution in [0.3, 0.4) is 0 Å². The predicted octanol–water partition coefficient (Wildman–Crippen LogP) is 2.12. The summed E-state index contributed by atoms with van der Waals surface area (Å²) in [6.07, 6.45) is -4.42. The normalized spacial score (nSPS) is 11.6. The molecule has 1 aromatic heterocycles. The molecular formula is C11H12F3N5. The van der Waals surface area contributed by atoms with E-state index < -0.39 is 11.7 Å². The van der Waals surface area contributed by atoms with Crippen molar-refractivity contribution in [2.24, 2.45) is 7.05 Å². The molecule has 0 spiro atoms. The number of aromatic nitrogens is 3. The fourth-order valence-electron chi connectivity index (χ4n) is 1.71. The first-order valence-corrected chi connectivity index (χ1v) is 5.39. The van der Waals surface area contributed by atoms with E-state index in [-0.39, 0.29) is 17.1 Å².